The van der Waals surface area contributed by atoms with Crippen molar-refractivity contribution < 1.29 is 14.3 Å². The average molecular weight is 352 g/mol. The van der Waals surface area contributed by atoms with Gasteiger partial charge >= 0.3 is 0 Å². The summed E-state index contributed by atoms with van der Waals surface area (Å²) < 4.78 is 11.7. The Balaban J connectivity index is 1.77. The van der Waals surface area contributed by atoms with Crippen molar-refractivity contribution in [2.24, 2.45) is 0 Å². The van der Waals surface area contributed by atoms with Gasteiger partial charge in [-0.2, -0.15) is 0 Å². The second-order valence-corrected chi connectivity index (χ2v) is 6.12. The number of ether oxygens (including phenoxy) is 2. The lowest BCUT2D eigenvalue weighted by Crippen LogP contribution is -2.31. The largest absolute Gasteiger partial charge is 0.454 e. The third-order valence-electron chi connectivity index (χ3n) is 3.75. The van der Waals surface area contributed by atoms with Gasteiger partial charge in [0.2, 0.25) is 12.7 Å². The molecule has 0 unspecified atom stereocenters. The summed E-state index contributed by atoms with van der Waals surface area (Å²) in [6.07, 6.45) is 7.79. The lowest BCUT2D eigenvalue weighted by atomic mass is 10.1. The molecule has 1 aromatic rings. The maximum atomic E-state index is 12.3. The Kier molecular flexibility index (Phi) is 4.48. The van der Waals surface area contributed by atoms with Crippen molar-refractivity contribution in [2.75, 3.05) is 13.3 Å². The van der Waals surface area contributed by atoms with E-state index in [9.17, 15) is 4.79 Å². The van der Waals surface area contributed by atoms with Crippen LogP contribution in [-0.2, 0) is 11.3 Å². The fourth-order valence-electron chi connectivity index (χ4n) is 2.57. The Hall–Kier alpha value is -1.49. The molecule has 0 aromatic heterocycles. The summed E-state index contributed by atoms with van der Waals surface area (Å²) in [5.74, 6) is 1.73. The molecule has 112 valence electrons. The molecular formula is C16H18BrNO3. The third kappa shape index (κ3) is 3.40. The highest BCUT2D eigenvalue weighted by molar-refractivity contribution is 9.10. The van der Waals surface area contributed by atoms with Crippen molar-refractivity contribution in [1.29, 1.82) is 0 Å². The Morgan fingerprint density at radius 3 is 2.76 bits per heavy atom. The third-order valence-corrected chi connectivity index (χ3v) is 4.49. The van der Waals surface area contributed by atoms with E-state index in [-0.39, 0.29) is 12.7 Å². The van der Waals surface area contributed by atoms with Gasteiger partial charge in [0.15, 0.2) is 11.5 Å². The molecule has 5 heteroatoms. The first-order valence-corrected chi connectivity index (χ1v) is 8.04. The number of carbonyl (C=O) groups is 1. The van der Waals surface area contributed by atoms with E-state index in [1.54, 1.807) is 0 Å². The van der Waals surface area contributed by atoms with E-state index in [0.29, 0.717) is 13.0 Å². The molecule has 0 atom stereocenters. The molecule has 0 aliphatic carbocycles. The predicted molar refractivity (Wildman–Crippen MR) is 83.3 cm³/mol. The standard InChI is InChI=1S/C16H18BrNO3/c17-13-9-15-14(20-11-21-15)8-12(13)10-18-7-5-3-1-2-4-6-16(18)19/h1,3,8-9H,2,4-7,10-11H2/b3-1+. The highest BCUT2D eigenvalue weighted by Crippen LogP contribution is 2.37. The van der Waals surface area contributed by atoms with Crippen LogP contribution in [0, 0.1) is 0 Å². The highest BCUT2D eigenvalue weighted by atomic mass is 79.9. The maximum Gasteiger partial charge on any atom is 0.231 e. The van der Waals surface area contributed by atoms with E-state index < -0.39 is 0 Å². The number of rotatable bonds is 2. The number of allylic oxidation sites excluding steroid dienone is 1. The Morgan fingerprint density at radius 1 is 1.14 bits per heavy atom. The second-order valence-electron chi connectivity index (χ2n) is 5.26. The number of nitrogens with zero attached hydrogens (tertiary/aromatic N) is 1. The summed E-state index contributed by atoms with van der Waals surface area (Å²) in [6.45, 7) is 1.62. The smallest absolute Gasteiger partial charge is 0.231 e. The summed E-state index contributed by atoms with van der Waals surface area (Å²) in [7, 11) is 0. The number of carbonyl (C=O) groups excluding carboxylic acids is 1. The molecule has 4 nitrogen and oxygen atoms in total. The quantitative estimate of drug-likeness (QED) is 0.763. The normalized spacial score (nSPS) is 19.9. The van der Waals surface area contributed by atoms with Crippen LogP contribution in [0.4, 0.5) is 0 Å². The molecular weight excluding hydrogens is 334 g/mol. The van der Waals surface area contributed by atoms with Gasteiger partial charge in [-0.3, -0.25) is 4.79 Å². The Morgan fingerprint density at radius 2 is 1.90 bits per heavy atom. The van der Waals surface area contributed by atoms with Crippen LogP contribution in [0.15, 0.2) is 28.8 Å². The summed E-state index contributed by atoms with van der Waals surface area (Å²) in [5, 5.41) is 0. The fraction of sp³-hybridized carbons (Fsp3) is 0.438. The van der Waals surface area contributed by atoms with Crippen LogP contribution in [0.2, 0.25) is 0 Å². The average Bonchev–Trinajstić information content (AvgIpc) is 2.93. The number of hydrogen-bond donors (Lipinski definition) is 0. The van der Waals surface area contributed by atoms with Crippen LogP contribution in [0.3, 0.4) is 0 Å². The van der Waals surface area contributed by atoms with Gasteiger partial charge in [-0.15, -0.1) is 0 Å². The molecule has 0 fully saturated rings. The van der Waals surface area contributed by atoms with Crippen LogP contribution in [-0.4, -0.2) is 24.1 Å². The number of amides is 1. The molecule has 0 saturated heterocycles. The lowest BCUT2D eigenvalue weighted by Gasteiger charge is -2.22. The molecule has 0 saturated carbocycles. The van der Waals surface area contributed by atoms with Crippen molar-refractivity contribution in [3.05, 3.63) is 34.3 Å². The van der Waals surface area contributed by atoms with Crippen LogP contribution in [0.1, 0.15) is 31.2 Å². The molecule has 0 spiro atoms. The van der Waals surface area contributed by atoms with E-state index >= 15 is 0 Å². The van der Waals surface area contributed by atoms with Gasteiger partial charge in [0.1, 0.15) is 0 Å². The second kappa shape index (κ2) is 6.52. The van der Waals surface area contributed by atoms with Crippen molar-refractivity contribution in [3.63, 3.8) is 0 Å². The molecule has 1 aromatic carbocycles. The summed E-state index contributed by atoms with van der Waals surface area (Å²) in [5.41, 5.74) is 1.05. The predicted octanol–water partition coefficient (Wildman–Crippen LogP) is 3.64. The minimum absolute atomic E-state index is 0.225. The van der Waals surface area contributed by atoms with Crippen LogP contribution >= 0.6 is 15.9 Å². The SMILES string of the molecule is O=C1CCC/C=C/CCN1Cc1cc2c(cc1Br)OCO2. The van der Waals surface area contributed by atoms with E-state index in [1.165, 1.54) is 0 Å². The molecule has 3 rings (SSSR count). The molecule has 2 aliphatic rings. The van der Waals surface area contributed by atoms with Gasteiger partial charge in [0.05, 0.1) is 0 Å². The summed E-state index contributed by atoms with van der Waals surface area (Å²) in [4.78, 5) is 14.2. The van der Waals surface area contributed by atoms with Gasteiger partial charge in [-0.1, -0.05) is 28.1 Å². The first-order valence-electron chi connectivity index (χ1n) is 7.25. The van der Waals surface area contributed by atoms with Crippen molar-refractivity contribution in [2.45, 2.75) is 32.2 Å². The zero-order valence-electron chi connectivity index (χ0n) is 11.8. The van der Waals surface area contributed by atoms with Crippen LogP contribution in [0.5, 0.6) is 11.5 Å². The lowest BCUT2D eigenvalue weighted by molar-refractivity contribution is -0.131. The van der Waals surface area contributed by atoms with Crippen molar-refractivity contribution in [1.82, 2.24) is 4.90 Å². The summed E-state index contributed by atoms with van der Waals surface area (Å²) >= 11 is 3.56. The van der Waals surface area contributed by atoms with E-state index in [1.807, 2.05) is 17.0 Å². The fourth-order valence-corrected chi connectivity index (χ4v) is 3.02. The van der Waals surface area contributed by atoms with Crippen molar-refractivity contribution >= 4 is 21.8 Å². The molecule has 1 amide bonds. The number of benzene rings is 1. The Labute approximate surface area is 132 Å². The zero-order chi connectivity index (χ0) is 14.7. The Bertz CT molecular complexity index is 571. The molecule has 2 heterocycles. The molecule has 21 heavy (non-hydrogen) atoms. The number of fused-ring (bicyclic) bond motifs is 1. The monoisotopic (exact) mass is 351 g/mol. The maximum absolute atomic E-state index is 12.3. The van der Waals surface area contributed by atoms with Gasteiger partial charge in [-0.25, -0.2) is 0 Å². The zero-order valence-corrected chi connectivity index (χ0v) is 13.4. The minimum atomic E-state index is 0.225. The van der Waals surface area contributed by atoms with Gasteiger partial charge in [-0.05, 0) is 37.0 Å². The molecule has 0 bridgehead atoms. The molecule has 0 radical (unpaired) electrons. The molecule has 0 N–H and O–H groups in total. The van der Waals surface area contributed by atoms with E-state index in [0.717, 1.165) is 47.3 Å². The van der Waals surface area contributed by atoms with Crippen molar-refractivity contribution in [3.8, 4) is 11.5 Å². The highest BCUT2D eigenvalue weighted by Gasteiger charge is 2.20. The van der Waals surface area contributed by atoms with Crippen LogP contribution < -0.4 is 9.47 Å². The topological polar surface area (TPSA) is 38.8 Å². The van der Waals surface area contributed by atoms with Gasteiger partial charge < -0.3 is 14.4 Å². The summed E-state index contributed by atoms with van der Waals surface area (Å²) in [6, 6.07) is 3.88. The van der Waals surface area contributed by atoms with E-state index in [4.69, 9.17) is 9.47 Å². The van der Waals surface area contributed by atoms with Gasteiger partial charge in [0, 0.05) is 24.0 Å². The number of halogens is 1. The van der Waals surface area contributed by atoms with Gasteiger partial charge in [0.25, 0.3) is 0 Å². The molecule has 2 aliphatic heterocycles. The first-order chi connectivity index (χ1) is 10.2. The minimum Gasteiger partial charge on any atom is -0.454 e. The first kappa shape index (κ1) is 14.4. The van der Waals surface area contributed by atoms with E-state index in [2.05, 4.69) is 28.1 Å². The van der Waals surface area contributed by atoms with Crippen LogP contribution in [0.25, 0.3) is 0 Å². The number of hydrogen-bond acceptors (Lipinski definition) is 3.